The Morgan fingerprint density at radius 3 is 2.57 bits per heavy atom. The SMILES string of the molecule is FC(F)(F)c1ccc(Br)c(C(Cl)Cc2ccncc2Cl)c1. The van der Waals surface area contributed by atoms with Crippen LogP contribution < -0.4 is 0 Å². The second-order valence-corrected chi connectivity index (χ2v) is 6.16. The summed E-state index contributed by atoms with van der Waals surface area (Å²) in [4.78, 5) is 3.86. The largest absolute Gasteiger partial charge is 0.416 e. The van der Waals surface area contributed by atoms with Gasteiger partial charge in [-0.1, -0.05) is 27.5 Å². The highest BCUT2D eigenvalue weighted by Crippen LogP contribution is 2.37. The Morgan fingerprint density at radius 2 is 1.95 bits per heavy atom. The molecule has 21 heavy (non-hydrogen) atoms. The van der Waals surface area contributed by atoms with Crippen molar-refractivity contribution in [1.82, 2.24) is 4.98 Å². The molecule has 1 nitrogen and oxygen atoms in total. The van der Waals surface area contributed by atoms with Crippen LogP contribution in [-0.2, 0) is 12.6 Å². The molecule has 1 aromatic heterocycles. The van der Waals surface area contributed by atoms with Crippen molar-refractivity contribution in [1.29, 1.82) is 0 Å². The number of benzene rings is 1. The first-order valence-electron chi connectivity index (χ1n) is 5.88. The van der Waals surface area contributed by atoms with Crippen molar-refractivity contribution in [3.05, 3.63) is 62.8 Å². The first-order valence-corrected chi connectivity index (χ1v) is 7.49. The second-order valence-electron chi connectivity index (χ2n) is 4.37. The van der Waals surface area contributed by atoms with Gasteiger partial charge in [-0.15, -0.1) is 11.6 Å². The van der Waals surface area contributed by atoms with Gasteiger partial charge in [0, 0.05) is 16.9 Å². The van der Waals surface area contributed by atoms with E-state index in [1.54, 1.807) is 12.3 Å². The number of nitrogens with zero attached hydrogens (tertiary/aromatic N) is 1. The zero-order valence-corrected chi connectivity index (χ0v) is 13.6. The predicted molar refractivity (Wildman–Crippen MR) is 80.7 cm³/mol. The Bertz CT molecular complexity index is 646. The molecule has 0 aliphatic heterocycles. The Morgan fingerprint density at radius 1 is 1.24 bits per heavy atom. The van der Waals surface area contributed by atoms with E-state index in [1.807, 2.05) is 0 Å². The molecule has 0 fully saturated rings. The molecule has 0 bridgehead atoms. The summed E-state index contributed by atoms with van der Waals surface area (Å²) in [5.41, 5.74) is 0.377. The van der Waals surface area contributed by atoms with Crippen LogP contribution in [0.5, 0.6) is 0 Å². The molecule has 1 heterocycles. The molecule has 7 heteroatoms. The third-order valence-corrected chi connectivity index (χ3v) is 4.37. The zero-order chi connectivity index (χ0) is 15.6. The molecule has 0 radical (unpaired) electrons. The molecule has 0 aliphatic rings. The standard InChI is InChI=1S/C14H9BrCl2F3N/c15-11-2-1-9(14(18,19)20)6-10(11)12(16)5-8-3-4-21-7-13(8)17/h1-4,6-7,12H,5H2. The van der Waals surface area contributed by atoms with Crippen LogP contribution in [0, 0.1) is 0 Å². The maximum atomic E-state index is 12.8. The van der Waals surface area contributed by atoms with E-state index in [4.69, 9.17) is 23.2 Å². The monoisotopic (exact) mass is 397 g/mol. The van der Waals surface area contributed by atoms with E-state index in [0.29, 0.717) is 21.5 Å². The lowest BCUT2D eigenvalue weighted by atomic mass is 10.0. The first-order chi connectivity index (χ1) is 9.79. The van der Waals surface area contributed by atoms with Gasteiger partial charge in [0.2, 0.25) is 0 Å². The van der Waals surface area contributed by atoms with Gasteiger partial charge in [-0.05, 0) is 41.8 Å². The molecule has 0 saturated carbocycles. The van der Waals surface area contributed by atoms with Gasteiger partial charge >= 0.3 is 6.18 Å². The van der Waals surface area contributed by atoms with Gasteiger partial charge in [0.25, 0.3) is 0 Å². The summed E-state index contributed by atoms with van der Waals surface area (Å²) in [6, 6.07) is 5.11. The van der Waals surface area contributed by atoms with Gasteiger partial charge in [0.15, 0.2) is 0 Å². The zero-order valence-electron chi connectivity index (χ0n) is 10.5. The highest BCUT2D eigenvalue weighted by Gasteiger charge is 2.31. The fourth-order valence-corrected chi connectivity index (χ4v) is 3.03. The average Bonchev–Trinajstić information content (AvgIpc) is 2.40. The Hall–Kier alpha value is -0.780. The number of aromatic nitrogens is 1. The highest BCUT2D eigenvalue weighted by molar-refractivity contribution is 9.10. The molecular weight excluding hydrogens is 390 g/mol. The molecular formula is C14H9BrCl2F3N. The van der Waals surface area contributed by atoms with Crippen molar-refractivity contribution in [2.75, 3.05) is 0 Å². The van der Waals surface area contributed by atoms with Crippen molar-refractivity contribution >= 4 is 39.1 Å². The molecule has 2 rings (SSSR count). The van der Waals surface area contributed by atoms with Gasteiger partial charge in [0.1, 0.15) is 0 Å². The summed E-state index contributed by atoms with van der Waals surface area (Å²) in [7, 11) is 0. The van der Waals surface area contributed by atoms with E-state index in [1.165, 1.54) is 12.3 Å². The lowest BCUT2D eigenvalue weighted by Gasteiger charge is -2.15. The number of alkyl halides is 4. The van der Waals surface area contributed by atoms with Crippen molar-refractivity contribution < 1.29 is 13.2 Å². The molecule has 2 aromatic rings. The lowest BCUT2D eigenvalue weighted by Crippen LogP contribution is -2.07. The maximum absolute atomic E-state index is 12.8. The predicted octanol–water partition coefficient (Wildman–Crippen LogP) is 6.04. The molecule has 1 atom stereocenters. The molecule has 0 amide bonds. The summed E-state index contributed by atoms with van der Waals surface area (Å²) >= 11 is 15.5. The average molecular weight is 399 g/mol. The number of pyridine rings is 1. The van der Waals surface area contributed by atoms with Crippen LogP contribution >= 0.6 is 39.1 Å². The van der Waals surface area contributed by atoms with Gasteiger partial charge in [0.05, 0.1) is 16.0 Å². The van der Waals surface area contributed by atoms with E-state index < -0.39 is 17.1 Å². The third kappa shape index (κ3) is 4.11. The van der Waals surface area contributed by atoms with Gasteiger partial charge in [-0.25, -0.2) is 0 Å². The van der Waals surface area contributed by atoms with E-state index >= 15 is 0 Å². The maximum Gasteiger partial charge on any atom is 0.416 e. The van der Waals surface area contributed by atoms with Crippen molar-refractivity contribution in [2.24, 2.45) is 0 Å². The third-order valence-electron chi connectivity index (χ3n) is 2.92. The minimum Gasteiger partial charge on any atom is -0.263 e. The Balaban J connectivity index is 2.31. The number of halogens is 6. The van der Waals surface area contributed by atoms with Gasteiger partial charge in [-0.3, -0.25) is 4.98 Å². The number of hydrogen-bond acceptors (Lipinski definition) is 1. The van der Waals surface area contributed by atoms with E-state index in [0.717, 1.165) is 17.7 Å². The number of rotatable bonds is 3. The Kier molecular flexibility index (Phi) is 5.17. The second kappa shape index (κ2) is 6.55. The van der Waals surface area contributed by atoms with Crippen LogP contribution in [0.4, 0.5) is 13.2 Å². The molecule has 1 unspecified atom stereocenters. The molecule has 0 saturated heterocycles. The molecule has 112 valence electrons. The molecule has 0 aliphatic carbocycles. The quantitative estimate of drug-likeness (QED) is 0.574. The van der Waals surface area contributed by atoms with E-state index in [-0.39, 0.29) is 0 Å². The van der Waals surface area contributed by atoms with Crippen LogP contribution in [0.25, 0.3) is 0 Å². The van der Waals surface area contributed by atoms with Gasteiger partial charge < -0.3 is 0 Å². The summed E-state index contributed by atoms with van der Waals surface area (Å²) in [5.74, 6) is 0. The van der Waals surface area contributed by atoms with E-state index in [2.05, 4.69) is 20.9 Å². The normalized spacial score (nSPS) is 13.2. The molecule has 1 aromatic carbocycles. The smallest absolute Gasteiger partial charge is 0.263 e. The topological polar surface area (TPSA) is 12.9 Å². The minimum absolute atomic E-state index is 0.308. The summed E-state index contributed by atoms with van der Waals surface area (Å²) < 4.78 is 38.8. The van der Waals surface area contributed by atoms with Crippen LogP contribution in [0.2, 0.25) is 5.02 Å². The van der Waals surface area contributed by atoms with Crippen LogP contribution in [0.3, 0.4) is 0 Å². The first kappa shape index (κ1) is 16.6. The van der Waals surface area contributed by atoms with Crippen LogP contribution in [-0.4, -0.2) is 4.98 Å². The summed E-state index contributed by atoms with van der Waals surface area (Å²) in [5, 5.41) is -0.201. The van der Waals surface area contributed by atoms with Crippen LogP contribution in [0.1, 0.15) is 22.1 Å². The van der Waals surface area contributed by atoms with Crippen LogP contribution in [0.15, 0.2) is 41.1 Å². The van der Waals surface area contributed by atoms with Crippen molar-refractivity contribution in [2.45, 2.75) is 18.0 Å². The molecule has 0 N–H and O–H groups in total. The lowest BCUT2D eigenvalue weighted by molar-refractivity contribution is -0.137. The van der Waals surface area contributed by atoms with Crippen molar-refractivity contribution in [3.8, 4) is 0 Å². The fourth-order valence-electron chi connectivity index (χ4n) is 1.83. The highest BCUT2D eigenvalue weighted by atomic mass is 79.9. The summed E-state index contributed by atoms with van der Waals surface area (Å²) in [6.45, 7) is 0. The molecule has 0 spiro atoms. The fraction of sp³-hybridized carbons (Fsp3) is 0.214. The van der Waals surface area contributed by atoms with E-state index in [9.17, 15) is 13.2 Å². The minimum atomic E-state index is -4.40. The van der Waals surface area contributed by atoms with Crippen molar-refractivity contribution in [3.63, 3.8) is 0 Å². The number of hydrogen-bond donors (Lipinski definition) is 0. The Labute approximate surface area is 138 Å². The summed E-state index contributed by atoms with van der Waals surface area (Å²) in [6.07, 6.45) is -1.06. The van der Waals surface area contributed by atoms with Gasteiger partial charge in [-0.2, -0.15) is 13.2 Å².